The van der Waals surface area contributed by atoms with Gasteiger partial charge in [-0.25, -0.2) is 26.4 Å². The number of hydrogen-bond donors (Lipinski definition) is 1. The van der Waals surface area contributed by atoms with Gasteiger partial charge in [0.05, 0.1) is 0 Å². The van der Waals surface area contributed by atoms with Gasteiger partial charge in [0.2, 0.25) is 0 Å². The standard InChI is InChI=1S/C24H27F3N4O4S2/c1-24(2,3)35-23(32)31(21-9-10-36-29-21)37(33,34)22-19(26)11-16(12-20(22)27)28-13-17-15(14-30(4)5)7-6-8-18(17)25/h6-12,28H,13-14H2,1-5H3. The van der Waals surface area contributed by atoms with Crippen LogP contribution in [0.5, 0.6) is 0 Å². The Labute approximate surface area is 217 Å². The number of nitrogens with zero attached hydrogens (tertiary/aromatic N) is 3. The zero-order valence-electron chi connectivity index (χ0n) is 20.9. The molecule has 0 saturated heterocycles. The van der Waals surface area contributed by atoms with Crippen molar-refractivity contribution in [2.75, 3.05) is 23.7 Å². The third-order valence-electron chi connectivity index (χ3n) is 4.86. The van der Waals surface area contributed by atoms with Crippen molar-refractivity contribution in [3.05, 3.63) is 70.4 Å². The van der Waals surface area contributed by atoms with Gasteiger partial charge in [0.1, 0.15) is 23.1 Å². The first-order valence-corrected chi connectivity index (χ1v) is 13.3. The van der Waals surface area contributed by atoms with Gasteiger partial charge in [0.15, 0.2) is 10.7 Å². The minimum Gasteiger partial charge on any atom is -0.443 e. The van der Waals surface area contributed by atoms with Gasteiger partial charge in [-0.1, -0.05) is 12.1 Å². The molecule has 1 N–H and O–H groups in total. The van der Waals surface area contributed by atoms with Crippen LogP contribution in [0.15, 0.2) is 46.7 Å². The van der Waals surface area contributed by atoms with Crippen LogP contribution in [-0.4, -0.2) is 43.5 Å². The van der Waals surface area contributed by atoms with Gasteiger partial charge in [-0.15, -0.1) is 4.31 Å². The maximum atomic E-state index is 15.1. The lowest BCUT2D eigenvalue weighted by Gasteiger charge is -2.26. The van der Waals surface area contributed by atoms with Crippen molar-refractivity contribution < 1.29 is 31.1 Å². The average molecular weight is 557 g/mol. The molecule has 0 aliphatic carbocycles. The Morgan fingerprint density at radius 1 is 1.08 bits per heavy atom. The van der Waals surface area contributed by atoms with Crippen molar-refractivity contribution in [3.8, 4) is 0 Å². The first kappa shape index (κ1) is 28.4. The summed E-state index contributed by atoms with van der Waals surface area (Å²) >= 11 is 0.841. The number of carbonyl (C=O) groups is 1. The van der Waals surface area contributed by atoms with Crippen molar-refractivity contribution in [3.63, 3.8) is 0 Å². The summed E-state index contributed by atoms with van der Waals surface area (Å²) < 4.78 is 80.5. The zero-order valence-corrected chi connectivity index (χ0v) is 22.5. The van der Waals surface area contributed by atoms with Crippen molar-refractivity contribution in [1.29, 1.82) is 0 Å². The lowest BCUT2D eigenvalue weighted by atomic mass is 10.1. The van der Waals surface area contributed by atoms with Crippen LogP contribution in [0.4, 0.5) is 29.5 Å². The van der Waals surface area contributed by atoms with Crippen molar-refractivity contribution in [2.24, 2.45) is 0 Å². The molecule has 0 atom stereocenters. The van der Waals surface area contributed by atoms with E-state index in [0.717, 1.165) is 23.7 Å². The highest BCUT2D eigenvalue weighted by molar-refractivity contribution is 7.93. The van der Waals surface area contributed by atoms with Crippen LogP contribution in [0.1, 0.15) is 31.9 Å². The summed E-state index contributed by atoms with van der Waals surface area (Å²) in [5.74, 6) is -3.77. The molecule has 0 unspecified atom stereocenters. The minimum absolute atomic E-state index is 0.107. The van der Waals surface area contributed by atoms with Crippen LogP contribution < -0.4 is 9.62 Å². The Morgan fingerprint density at radius 3 is 2.27 bits per heavy atom. The molecule has 13 heteroatoms. The topological polar surface area (TPSA) is 91.8 Å². The Bertz CT molecular complexity index is 1350. The predicted octanol–water partition coefficient (Wildman–Crippen LogP) is 5.36. The number of nitrogens with one attached hydrogen (secondary N) is 1. The Kier molecular flexibility index (Phi) is 8.50. The number of benzene rings is 2. The van der Waals surface area contributed by atoms with E-state index in [-0.39, 0.29) is 22.4 Å². The largest absolute Gasteiger partial charge is 0.443 e. The fourth-order valence-corrected chi connectivity index (χ4v) is 5.33. The number of rotatable bonds is 8. The molecule has 37 heavy (non-hydrogen) atoms. The number of hydrogen-bond acceptors (Lipinski definition) is 8. The smallest absolute Gasteiger partial charge is 0.430 e. The highest BCUT2D eigenvalue weighted by Crippen LogP contribution is 2.31. The van der Waals surface area contributed by atoms with Crippen molar-refractivity contribution >= 4 is 39.2 Å². The second-order valence-corrected chi connectivity index (χ2v) is 11.7. The molecule has 2 aromatic carbocycles. The van der Waals surface area contributed by atoms with Crippen molar-refractivity contribution in [2.45, 2.75) is 44.4 Å². The average Bonchev–Trinajstić information content (AvgIpc) is 3.24. The normalized spacial score (nSPS) is 12.0. The number of amides is 1. The molecule has 3 rings (SSSR count). The first-order valence-electron chi connectivity index (χ1n) is 11.0. The van der Waals surface area contributed by atoms with Gasteiger partial charge in [0, 0.05) is 29.7 Å². The molecule has 0 bridgehead atoms. The molecule has 0 radical (unpaired) electrons. The molecule has 3 aromatic rings. The van der Waals surface area contributed by atoms with E-state index in [1.807, 2.05) is 19.0 Å². The number of ether oxygens (including phenoxy) is 1. The Hall–Kier alpha value is -3.16. The summed E-state index contributed by atoms with van der Waals surface area (Å²) in [6.07, 6.45) is -1.37. The second-order valence-electron chi connectivity index (χ2n) is 9.35. The van der Waals surface area contributed by atoms with Gasteiger partial charge in [-0.3, -0.25) is 0 Å². The van der Waals surface area contributed by atoms with E-state index in [0.29, 0.717) is 17.7 Å². The maximum absolute atomic E-state index is 15.1. The fourth-order valence-electron chi connectivity index (χ4n) is 3.41. The summed E-state index contributed by atoms with van der Waals surface area (Å²) in [5.41, 5.74) is -0.239. The van der Waals surface area contributed by atoms with Crippen LogP contribution in [0, 0.1) is 17.5 Å². The summed E-state index contributed by atoms with van der Waals surface area (Å²) in [4.78, 5) is 13.3. The van der Waals surface area contributed by atoms with Crippen LogP contribution in [0.25, 0.3) is 0 Å². The maximum Gasteiger partial charge on any atom is 0.430 e. The number of carbonyl (C=O) groups excluding carboxylic acids is 1. The van der Waals surface area contributed by atoms with E-state index in [1.54, 1.807) is 12.1 Å². The van der Waals surface area contributed by atoms with E-state index in [4.69, 9.17) is 4.74 Å². The molecule has 8 nitrogen and oxygen atoms in total. The molecule has 1 amide bonds. The first-order chi connectivity index (χ1) is 17.2. The minimum atomic E-state index is -5.11. The van der Waals surface area contributed by atoms with E-state index in [9.17, 15) is 17.6 Å². The third-order valence-corrected chi connectivity index (χ3v) is 7.13. The lowest BCUT2D eigenvalue weighted by Crippen LogP contribution is -2.41. The van der Waals surface area contributed by atoms with E-state index in [1.165, 1.54) is 38.3 Å². The highest BCUT2D eigenvalue weighted by Gasteiger charge is 2.39. The van der Waals surface area contributed by atoms with Gasteiger partial charge in [-0.05, 0) is 76.2 Å². The molecule has 1 aromatic heterocycles. The van der Waals surface area contributed by atoms with E-state index >= 15 is 8.78 Å². The molecular formula is C24H27F3N4O4S2. The van der Waals surface area contributed by atoms with Crippen molar-refractivity contribution in [1.82, 2.24) is 9.27 Å². The molecule has 0 spiro atoms. The lowest BCUT2D eigenvalue weighted by molar-refractivity contribution is 0.0608. The number of anilines is 2. The van der Waals surface area contributed by atoms with Crippen LogP contribution in [0.3, 0.4) is 0 Å². The predicted molar refractivity (Wildman–Crippen MR) is 135 cm³/mol. The summed E-state index contributed by atoms with van der Waals surface area (Å²) in [5, 5.41) is 4.14. The van der Waals surface area contributed by atoms with E-state index in [2.05, 4.69) is 9.69 Å². The van der Waals surface area contributed by atoms with Gasteiger partial charge < -0.3 is 15.0 Å². The molecule has 0 saturated carbocycles. The molecular weight excluding hydrogens is 529 g/mol. The molecule has 0 aliphatic heterocycles. The monoisotopic (exact) mass is 556 g/mol. The number of aromatic nitrogens is 1. The highest BCUT2D eigenvalue weighted by atomic mass is 32.2. The number of sulfonamides is 1. The van der Waals surface area contributed by atoms with E-state index < -0.39 is 44.1 Å². The molecule has 200 valence electrons. The summed E-state index contributed by atoms with van der Waals surface area (Å²) in [7, 11) is -1.47. The SMILES string of the molecule is CN(C)Cc1cccc(F)c1CNc1cc(F)c(S(=O)(=O)N(C(=O)OC(C)(C)C)c2ccsn2)c(F)c1. The van der Waals surface area contributed by atoms with Gasteiger partial charge in [0.25, 0.3) is 10.0 Å². The Balaban J connectivity index is 1.96. The quantitative estimate of drug-likeness (QED) is 0.399. The second kappa shape index (κ2) is 11.1. The fraction of sp³-hybridized carbons (Fsp3) is 0.333. The van der Waals surface area contributed by atoms with Crippen LogP contribution >= 0.6 is 11.5 Å². The third kappa shape index (κ3) is 6.79. The summed E-state index contributed by atoms with van der Waals surface area (Å²) in [6, 6.07) is 7.30. The molecule has 0 aliphatic rings. The molecule has 0 fully saturated rings. The molecule has 1 heterocycles. The Morgan fingerprint density at radius 2 is 1.73 bits per heavy atom. The van der Waals surface area contributed by atoms with Crippen LogP contribution in [0.2, 0.25) is 0 Å². The number of halogens is 3. The van der Waals surface area contributed by atoms with Gasteiger partial charge >= 0.3 is 6.09 Å². The van der Waals surface area contributed by atoms with Crippen LogP contribution in [-0.2, 0) is 27.8 Å². The van der Waals surface area contributed by atoms with Gasteiger partial charge in [-0.2, -0.15) is 4.37 Å². The summed E-state index contributed by atoms with van der Waals surface area (Å²) in [6.45, 7) is 4.86. The zero-order chi connectivity index (χ0) is 27.5.